The molecule has 5 nitrogen and oxygen atoms in total. The van der Waals surface area contributed by atoms with E-state index in [1.165, 1.54) is 22.3 Å². The van der Waals surface area contributed by atoms with E-state index < -0.39 is 0 Å². The molecule has 4 rings (SSSR count). The summed E-state index contributed by atoms with van der Waals surface area (Å²) in [5, 5.41) is 9.31. The number of anilines is 1. The van der Waals surface area contributed by atoms with Crippen molar-refractivity contribution in [1.82, 2.24) is 10.3 Å². The molecule has 6 heteroatoms. The van der Waals surface area contributed by atoms with E-state index in [9.17, 15) is 4.79 Å². The van der Waals surface area contributed by atoms with Gasteiger partial charge in [-0.15, -0.1) is 11.3 Å². The van der Waals surface area contributed by atoms with Crippen LogP contribution in [0.25, 0.3) is 10.9 Å². The molecule has 0 fully saturated rings. The van der Waals surface area contributed by atoms with Crippen molar-refractivity contribution >= 4 is 39.8 Å². The molecule has 2 aromatic carbocycles. The van der Waals surface area contributed by atoms with Crippen molar-refractivity contribution in [3.05, 3.63) is 87.7 Å². The Hall–Kier alpha value is -3.38. The standard InChI is InChI=1S/C24H24N4OS/c1-16-12-17(2)14-19(13-16)27-24(28-23(29)22-8-5-11-30-22)25-10-9-18-15-26-21-7-4-3-6-20(18)21/h3-8,11-15,26H,9-10H2,1-2H3,(H2,25,27,28,29). The molecule has 0 unspecified atom stereocenters. The highest BCUT2D eigenvalue weighted by Crippen LogP contribution is 2.18. The van der Waals surface area contributed by atoms with Gasteiger partial charge >= 0.3 is 0 Å². The average Bonchev–Trinajstić information content (AvgIpc) is 3.37. The van der Waals surface area contributed by atoms with Crippen LogP contribution < -0.4 is 10.6 Å². The van der Waals surface area contributed by atoms with Crippen LogP contribution in [0.2, 0.25) is 0 Å². The van der Waals surface area contributed by atoms with Gasteiger partial charge in [-0.2, -0.15) is 0 Å². The molecule has 152 valence electrons. The van der Waals surface area contributed by atoms with Crippen molar-refractivity contribution in [2.24, 2.45) is 4.99 Å². The Morgan fingerprint density at radius 2 is 1.87 bits per heavy atom. The number of aliphatic imine (C=N–C) groups is 1. The van der Waals surface area contributed by atoms with Gasteiger partial charge in [0, 0.05) is 29.3 Å². The van der Waals surface area contributed by atoms with E-state index in [1.807, 2.05) is 41.9 Å². The van der Waals surface area contributed by atoms with Crippen molar-refractivity contribution in [2.45, 2.75) is 20.3 Å². The fourth-order valence-electron chi connectivity index (χ4n) is 3.50. The number of carbonyl (C=O) groups excluding carboxylic acids is 1. The molecule has 1 amide bonds. The van der Waals surface area contributed by atoms with Gasteiger partial charge in [-0.1, -0.05) is 30.3 Å². The zero-order valence-corrected chi connectivity index (χ0v) is 17.8. The summed E-state index contributed by atoms with van der Waals surface area (Å²) in [4.78, 5) is 21.2. The number of fused-ring (bicyclic) bond motifs is 1. The highest BCUT2D eigenvalue weighted by molar-refractivity contribution is 7.12. The minimum absolute atomic E-state index is 0.160. The number of para-hydroxylation sites is 1. The second-order valence-corrected chi connectivity index (χ2v) is 8.22. The highest BCUT2D eigenvalue weighted by Gasteiger charge is 2.11. The fraction of sp³-hybridized carbons (Fsp3) is 0.167. The second-order valence-electron chi connectivity index (χ2n) is 7.27. The first-order valence-corrected chi connectivity index (χ1v) is 10.8. The van der Waals surface area contributed by atoms with E-state index >= 15 is 0 Å². The topological polar surface area (TPSA) is 69.3 Å². The molecular formula is C24H24N4OS. The molecule has 2 heterocycles. The number of carbonyl (C=O) groups is 1. The third kappa shape index (κ3) is 4.78. The normalized spacial score (nSPS) is 11.6. The zero-order valence-electron chi connectivity index (χ0n) is 17.0. The summed E-state index contributed by atoms with van der Waals surface area (Å²) in [6.45, 7) is 4.66. The van der Waals surface area contributed by atoms with Gasteiger partial charge in [0.2, 0.25) is 5.96 Å². The number of thiophene rings is 1. The first-order chi connectivity index (χ1) is 14.6. The predicted molar refractivity (Wildman–Crippen MR) is 126 cm³/mol. The summed E-state index contributed by atoms with van der Waals surface area (Å²) in [7, 11) is 0. The Balaban J connectivity index is 1.52. The summed E-state index contributed by atoms with van der Waals surface area (Å²) in [6.07, 6.45) is 2.80. The van der Waals surface area contributed by atoms with Crippen LogP contribution in [-0.4, -0.2) is 23.4 Å². The van der Waals surface area contributed by atoms with Gasteiger partial charge in [-0.25, -0.2) is 0 Å². The molecule has 0 bridgehead atoms. The Labute approximate surface area is 179 Å². The minimum atomic E-state index is -0.160. The quantitative estimate of drug-likeness (QED) is 0.306. The molecule has 0 aliphatic rings. The molecule has 0 atom stereocenters. The van der Waals surface area contributed by atoms with Gasteiger partial charge < -0.3 is 10.3 Å². The van der Waals surface area contributed by atoms with E-state index in [2.05, 4.69) is 52.7 Å². The SMILES string of the molecule is Cc1cc(C)cc(NC(=NCCc2c[nH]c3ccccc23)NC(=O)c2cccs2)c1. The molecule has 2 aromatic heterocycles. The van der Waals surface area contributed by atoms with Crippen LogP contribution in [0.15, 0.2) is 71.2 Å². The van der Waals surface area contributed by atoms with Gasteiger partial charge in [-0.3, -0.25) is 15.1 Å². The monoisotopic (exact) mass is 416 g/mol. The van der Waals surface area contributed by atoms with Gasteiger partial charge in [-0.05, 0) is 66.6 Å². The first kappa shape index (κ1) is 19.9. The molecule has 0 aliphatic heterocycles. The molecule has 4 aromatic rings. The lowest BCUT2D eigenvalue weighted by atomic mass is 10.1. The molecule has 0 spiro atoms. The van der Waals surface area contributed by atoms with Crippen molar-refractivity contribution in [3.8, 4) is 0 Å². The number of aromatic nitrogens is 1. The van der Waals surface area contributed by atoms with Crippen molar-refractivity contribution in [3.63, 3.8) is 0 Å². The van der Waals surface area contributed by atoms with Crippen LogP contribution >= 0.6 is 11.3 Å². The maximum atomic E-state index is 12.6. The van der Waals surface area contributed by atoms with Gasteiger partial charge in [0.15, 0.2) is 0 Å². The van der Waals surface area contributed by atoms with E-state index in [0.29, 0.717) is 17.4 Å². The first-order valence-electron chi connectivity index (χ1n) is 9.88. The maximum absolute atomic E-state index is 12.6. The van der Waals surface area contributed by atoms with Gasteiger partial charge in [0.25, 0.3) is 5.91 Å². The lowest BCUT2D eigenvalue weighted by molar-refractivity contribution is 0.0981. The van der Waals surface area contributed by atoms with E-state index in [-0.39, 0.29) is 5.91 Å². The molecule has 0 radical (unpaired) electrons. The fourth-order valence-corrected chi connectivity index (χ4v) is 4.12. The maximum Gasteiger partial charge on any atom is 0.268 e. The number of H-pyrrole nitrogens is 1. The summed E-state index contributed by atoms with van der Waals surface area (Å²) >= 11 is 1.41. The number of aromatic amines is 1. The van der Waals surface area contributed by atoms with Crippen LogP contribution in [0.5, 0.6) is 0 Å². The number of aryl methyl sites for hydroxylation is 2. The van der Waals surface area contributed by atoms with E-state index in [4.69, 9.17) is 0 Å². The molecular weight excluding hydrogens is 392 g/mol. The third-order valence-corrected chi connectivity index (χ3v) is 5.66. The van der Waals surface area contributed by atoms with Crippen LogP contribution in [0.4, 0.5) is 5.69 Å². The predicted octanol–water partition coefficient (Wildman–Crippen LogP) is 5.29. The lowest BCUT2D eigenvalue weighted by Gasteiger charge is -2.12. The zero-order chi connectivity index (χ0) is 20.9. The van der Waals surface area contributed by atoms with E-state index in [0.717, 1.165) is 28.8 Å². The van der Waals surface area contributed by atoms with Crippen LogP contribution in [0, 0.1) is 13.8 Å². The van der Waals surface area contributed by atoms with Crippen LogP contribution in [-0.2, 0) is 6.42 Å². The average molecular weight is 417 g/mol. The highest BCUT2D eigenvalue weighted by atomic mass is 32.1. The third-order valence-electron chi connectivity index (χ3n) is 4.79. The van der Waals surface area contributed by atoms with Gasteiger partial charge in [0.05, 0.1) is 4.88 Å². The smallest absolute Gasteiger partial charge is 0.268 e. The van der Waals surface area contributed by atoms with Crippen LogP contribution in [0.1, 0.15) is 26.4 Å². The number of hydrogen-bond donors (Lipinski definition) is 3. The number of nitrogens with one attached hydrogen (secondary N) is 3. The summed E-state index contributed by atoms with van der Waals surface area (Å²) in [6, 6.07) is 18.1. The summed E-state index contributed by atoms with van der Waals surface area (Å²) in [5.41, 5.74) is 5.55. The Bertz CT molecular complexity index is 1170. The molecule has 0 aliphatic carbocycles. The number of guanidine groups is 1. The van der Waals surface area contributed by atoms with Crippen molar-refractivity contribution in [2.75, 3.05) is 11.9 Å². The molecule has 30 heavy (non-hydrogen) atoms. The molecule has 0 saturated heterocycles. The molecule has 0 saturated carbocycles. The van der Waals surface area contributed by atoms with E-state index in [1.54, 1.807) is 6.07 Å². The number of nitrogens with zero attached hydrogens (tertiary/aromatic N) is 1. The number of benzene rings is 2. The number of amides is 1. The van der Waals surface area contributed by atoms with Crippen molar-refractivity contribution < 1.29 is 4.79 Å². The minimum Gasteiger partial charge on any atom is -0.361 e. The second kappa shape index (κ2) is 8.97. The van der Waals surface area contributed by atoms with Gasteiger partial charge in [0.1, 0.15) is 0 Å². The Kier molecular flexibility index (Phi) is 5.95. The molecule has 3 N–H and O–H groups in total. The Morgan fingerprint density at radius 1 is 1.07 bits per heavy atom. The lowest BCUT2D eigenvalue weighted by Crippen LogP contribution is -2.36. The summed E-state index contributed by atoms with van der Waals surface area (Å²) in [5.74, 6) is 0.297. The number of rotatable bonds is 5. The largest absolute Gasteiger partial charge is 0.361 e. The number of hydrogen-bond acceptors (Lipinski definition) is 3. The Morgan fingerprint density at radius 3 is 2.63 bits per heavy atom. The summed E-state index contributed by atoms with van der Waals surface area (Å²) < 4.78 is 0. The van der Waals surface area contributed by atoms with Crippen LogP contribution in [0.3, 0.4) is 0 Å². The van der Waals surface area contributed by atoms with Crippen molar-refractivity contribution in [1.29, 1.82) is 0 Å².